The molecule has 0 saturated carbocycles. The maximum atomic E-state index is 6.85. The first-order chi connectivity index (χ1) is 21.8. The van der Waals surface area contributed by atoms with Gasteiger partial charge >= 0.3 is 8.53 Å². The van der Waals surface area contributed by atoms with E-state index in [9.17, 15) is 0 Å². The highest BCUT2D eigenvalue weighted by molar-refractivity contribution is 7.99. The molecule has 218 valence electrons. The fraction of sp³-hybridized carbons (Fsp3) is 0.0769. The molecular weight excluding hydrogens is 577 g/mol. The van der Waals surface area contributed by atoms with E-state index < -0.39 is 8.53 Å². The Kier molecular flexibility index (Phi) is 10.4. The van der Waals surface area contributed by atoms with Crippen molar-refractivity contribution >= 4 is 20.3 Å². The van der Waals surface area contributed by atoms with Crippen LogP contribution >= 0.6 is 20.3 Å². The molecule has 0 aliphatic heterocycles. The van der Waals surface area contributed by atoms with Crippen LogP contribution in [0.15, 0.2) is 187 Å². The summed E-state index contributed by atoms with van der Waals surface area (Å²) in [6, 6.07) is 62.7. The van der Waals surface area contributed by atoms with E-state index in [2.05, 4.69) is 126 Å². The monoisotopic (exact) mass is 611 g/mol. The number of nitrogens with zero attached hydrogens (tertiary/aromatic N) is 1. The van der Waals surface area contributed by atoms with Crippen molar-refractivity contribution in [2.75, 3.05) is 0 Å². The first-order valence-corrected chi connectivity index (χ1v) is 16.7. The minimum Gasteiger partial charge on any atom is -0.427 e. The molecule has 3 nitrogen and oxygen atoms in total. The molecule has 6 aromatic carbocycles. The molecule has 0 N–H and O–H groups in total. The van der Waals surface area contributed by atoms with Crippen LogP contribution in [0.3, 0.4) is 0 Å². The fourth-order valence-corrected chi connectivity index (χ4v) is 8.07. The van der Waals surface area contributed by atoms with Crippen LogP contribution in [-0.4, -0.2) is 4.67 Å². The van der Waals surface area contributed by atoms with Gasteiger partial charge in [-0.25, -0.2) is 4.67 Å². The third kappa shape index (κ3) is 7.98. The highest BCUT2D eigenvalue weighted by Crippen LogP contribution is 2.56. The molecule has 0 radical (unpaired) electrons. The van der Waals surface area contributed by atoms with E-state index in [1.54, 1.807) is 0 Å². The molecule has 6 aromatic rings. The maximum Gasteiger partial charge on any atom is 0.385 e. The molecule has 0 bridgehead atoms. The van der Waals surface area contributed by atoms with Crippen LogP contribution in [0.25, 0.3) is 0 Å². The normalized spacial score (nSPS) is 12.5. The number of hydrogen-bond donors (Lipinski definition) is 0. The van der Waals surface area contributed by atoms with Gasteiger partial charge in [0.05, 0.1) is 11.3 Å². The summed E-state index contributed by atoms with van der Waals surface area (Å²) in [6.45, 7) is 0.629. The zero-order valence-corrected chi connectivity index (χ0v) is 26.0. The summed E-state index contributed by atoms with van der Waals surface area (Å²) >= 11 is 1.87. The van der Waals surface area contributed by atoms with Crippen LogP contribution in [0.2, 0.25) is 0 Å². The molecule has 0 aliphatic carbocycles. The number of thioether (sulfide) groups is 1. The van der Waals surface area contributed by atoms with Gasteiger partial charge in [0, 0.05) is 11.4 Å². The molecule has 0 amide bonds. The van der Waals surface area contributed by atoms with Gasteiger partial charge in [-0.3, -0.25) is 0 Å². The van der Waals surface area contributed by atoms with Gasteiger partial charge in [-0.15, -0.1) is 11.8 Å². The van der Waals surface area contributed by atoms with E-state index in [0.717, 1.165) is 11.5 Å². The highest BCUT2D eigenvalue weighted by atomic mass is 32.2. The largest absolute Gasteiger partial charge is 0.427 e. The van der Waals surface area contributed by atoms with E-state index >= 15 is 0 Å². The van der Waals surface area contributed by atoms with E-state index in [0.29, 0.717) is 6.54 Å². The van der Waals surface area contributed by atoms with Gasteiger partial charge < -0.3 is 9.05 Å². The Hall–Kier alpha value is -4.34. The molecule has 2 atom stereocenters. The molecule has 0 aliphatic rings. The summed E-state index contributed by atoms with van der Waals surface area (Å²) in [5.41, 5.74) is 3.62. The van der Waals surface area contributed by atoms with Gasteiger partial charge in [0.2, 0.25) is 0 Å². The molecule has 0 aromatic heterocycles. The van der Waals surface area contributed by atoms with E-state index in [4.69, 9.17) is 9.05 Å². The molecule has 44 heavy (non-hydrogen) atoms. The Balaban J connectivity index is 1.53. The summed E-state index contributed by atoms with van der Waals surface area (Å²) in [4.78, 5) is 1.21. The second-order valence-electron chi connectivity index (χ2n) is 10.2. The Labute approximate surface area is 266 Å². The molecule has 6 rings (SSSR count). The summed E-state index contributed by atoms with van der Waals surface area (Å²) in [7, 11) is -1.64. The lowest BCUT2D eigenvalue weighted by Crippen LogP contribution is -2.31. The minimum atomic E-state index is -1.64. The molecule has 0 spiro atoms. The third-order valence-corrected chi connectivity index (χ3v) is 10.0. The van der Waals surface area contributed by atoms with Gasteiger partial charge in [-0.1, -0.05) is 146 Å². The number of benzene rings is 6. The molecule has 0 unspecified atom stereocenters. The van der Waals surface area contributed by atoms with Crippen molar-refractivity contribution < 1.29 is 9.05 Å². The van der Waals surface area contributed by atoms with Crippen LogP contribution in [0.1, 0.15) is 28.0 Å². The lowest BCUT2D eigenvalue weighted by atomic mass is 9.97. The van der Waals surface area contributed by atoms with Crippen LogP contribution < -0.4 is 9.05 Å². The molecular formula is C39H34NO2PS. The lowest BCUT2D eigenvalue weighted by Gasteiger charge is -2.40. The van der Waals surface area contributed by atoms with Crippen LogP contribution in [-0.2, 0) is 6.54 Å². The SMILES string of the molecule is c1ccc(CN([C@@H](c2ccccc2)[C@H](Sc2ccccc2)c2ccccc2)P(Oc2ccccc2)Oc2ccccc2)cc1. The van der Waals surface area contributed by atoms with Gasteiger partial charge in [-0.2, -0.15) is 0 Å². The Morgan fingerprint density at radius 1 is 0.477 bits per heavy atom. The van der Waals surface area contributed by atoms with E-state index in [-0.39, 0.29) is 11.3 Å². The average molecular weight is 612 g/mol. The van der Waals surface area contributed by atoms with Crippen molar-refractivity contribution in [1.82, 2.24) is 4.67 Å². The summed E-state index contributed by atoms with van der Waals surface area (Å²) in [5, 5.41) is 0.0217. The number of rotatable bonds is 13. The molecule has 0 saturated heterocycles. The smallest absolute Gasteiger partial charge is 0.385 e. The van der Waals surface area contributed by atoms with Crippen LogP contribution in [0, 0.1) is 0 Å². The van der Waals surface area contributed by atoms with Crippen LogP contribution in [0.5, 0.6) is 11.5 Å². The van der Waals surface area contributed by atoms with Gasteiger partial charge in [-0.05, 0) is 53.1 Å². The second-order valence-corrected chi connectivity index (χ2v) is 12.8. The topological polar surface area (TPSA) is 21.7 Å². The summed E-state index contributed by atoms with van der Waals surface area (Å²) < 4.78 is 16.1. The van der Waals surface area contributed by atoms with Crippen molar-refractivity contribution in [1.29, 1.82) is 0 Å². The van der Waals surface area contributed by atoms with Crippen LogP contribution in [0.4, 0.5) is 0 Å². The maximum absolute atomic E-state index is 6.85. The summed E-state index contributed by atoms with van der Waals surface area (Å²) in [6.07, 6.45) is 0. The Morgan fingerprint density at radius 3 is 1.39 bits per heavy atom. The third-order valence-electron chi connectivity index (χ3n) is 7.13. The van der Waals surface area contributed by atoms with E-state index in [1.165, 1.54) is 21.6 Å². The first-order valence-electron chi connectivity index (χ1n) is 14.7. The second kappa shape index (κ2) is 15.4. The van der Waals surface area contributed by atoms with Crippen molar-refractivity contribution in [3.63, 3.8) is 0 Å². The molecule has 5 heteroatoms. The van der Waals surface area contributed by atoms with Crippen molar-refractivity contribution in [2.45, 2.75) is 22.7 Å². The number of para-hydroxylation sites is 2. The zero-order valence-electron chi connectivity index (χ0n) is 24.3. The fourth-order valence-electron chi connectivity index (χ4n) is 5.05. The average Bonchev–Trinajstić information content (AvgIpc) is 3.10. The Bertz CT molecular complexity index is 1620. The predicted octanol–water partition coefficient (Wildman–Crippen LogP) is 11.1. The van der Waals surface area contributed by atoms with Crippen molar-refractivity contribution in [2.24, 2.45) is 0 Å². The number of hydrogen-bond acceptors (Lipinski definition) is 4. The van der Waals surface area contributed by atoms with Gasteiger partial charge in [0.1, 0.15) is 11.5 Å². The van der Waals surface area contributed by atoms with E-state index in [1.807, 2.05) is 72.4 Å². The minimum absolute atomic E-state index is 0.0217. The first kappa shape index (κ1) is 29.7. The molecule has 0 heterocycles. The quantitative estimate of drug-likeness (QED) is 0.0957. The zero-order chi connectivity index (χ0) is 29.8. The van der Waals surface area contributed by atoms with Crippen molar-refractivity contribution in [3.05, 3.63) is 199 Å². The highest BCUT2D eigenvalue weighted by Gasteiger charge is 2.39. The summed E-state index contributed by atoms with van der Waals surface area (Å²) in [5.74, 6) is 1.54. The lowest BCUT2D eigenvalue weighted by molar-refractivity contribution is 0.274. The predicted molar refractivity (Wildman–Crippen MR) is 184 cm³/mol. The molecule has 0 fully saturated rings. The van der Waals surface area contributed by atoms with Gasteiger partial charge in [0.15, 0.2) is 0 Å². The Morgan fingerprint density at radius 2 is 0.886 bits per heavy atom. The standard InChI is InChI=1S/C39H34NO2PS/c1-7-19-32(20-8-1)31-40(43(41-35-25-13-4-14-26-35)42-36-27-15-5-16-28-36)38(33-21-9-2-10-22-33)39(34-23-11-3-12-24-34)44-37-29-17-6-18-30-37/h1-30,38-39H,31H2/t38-,39+/m0/s1. The van der Waals surface area contributed by atoms with Gasteiger partial charge in [0.25, 0.3) is 0 Å². The van der Waals surface area contributed by atoms with Crippen molar-refractivity contribution in [3.8, 4) is 11.5 Å².